The van der Waals surface area contributed by atoms with E-state index in [9.17, 15) is 9.59 Å². The van der Waals surface area contributed by atoms with Gasteiger partial charge in [0.05, 0.1) is 7.11 Å². The van der Waals surface area contributed by atoms with Gasteiger partial charge in [-0.3, -0.25) is 9.63 Å². The van der Waals surface area contributed by atoms with E-state index in [1.165, 1.54) is 32.8 Å². The van der Waals surface area contributed by atoms with Crippen LogP contribution in [0.15, 0.2) is 30.3 Å². The van der Waals surface area contributed by atoms with Crippen LogP contribution in [0.4, 0.5) is 4.79 Å². The van der Waals surface area contributed by atoms with Crippen LogP contribution in [0.3, 0.4) is 0 Å². The fourth-order valence-corrected chi connectivity index (χ4v) is 2.25. The zero-order chi connectivity index (χ0) is 15.0. The highest BCUT2D eigenvalue weighted by atomic mass is 32.2. The van der Waals surface area contributed by atoms with Gasteiger partial charge in [0.2, 0.25) is 0 Å². The van der Waals surface area contributed by atoms with Gasteiger partial charge in [-0.2, -0.15) is 0 Å². The number of benzene rings is 1. The molecule has 1 aromatic carbocycles. The molecule has 0 spiro atoms. The Morgan fingerprint density at radius 2 is 2.00 bits per heavy atom. The lowest BCUT2D eigenvalue weighted by molar-refractivity contribution is -0.109. The fraction of sp³-hybridized carbons (Fsp3) is 0.429. The van der Waals surface area contributed by atoms with E-state index in [2.05, 4.69) is 5.32 Å². The third kappa shape index (κ3) is 6.08. The number of thioether (sulfide) groups is 1. The van der Waals surface area contributed by atoms with E-state index in [-0.39, 0.29) is 17.2 Å². The Hall–Kier alpha value is -1.53. The lowest BCUT2D eigenvalue weighted by atomic mass is 10.1. The van der Waals surface area contributed by atoms with Crippen molar-refractivity contribution >= 4 is 22.9 Å². The summed E-state index contributed by atoms with van der Waals surface area (Å²) in [7, 11) is 2.96. The second kappa shape index (κ2) is 8.60. The first kappa shape index (κ1) is 16.5. The Morgan fingerprint density at radius 3 is 2.55 bits per heavy atom. The van der Waals surface area contributed by atoms with E-state index < -0.39 is 0 Å². The summed E-state index contributed by atoms with van der Waals surface area (Å²) in [5, 5.41) is 4.02. The first-order valence-electron chi connectivity index (χ1n) is 6.28. The number of rotatable bonds is 6. The maximum Gasteiger partial charge on any atom is 0.341 e. The molecule has 1 N–H and O–H groups in total. The smallest absolute Gasteiger partial charge is 0.332 e. The third-order valence-corrected chi connectivity index (χ3v) is 3.68. The molecule has 0 aliphatic heterocycles. The second-order valence-electron chi connectivity index (χ2n) is 4.32. The first-order chi connectivity index (χ1) is 9.52. The molecule has 0 fully saturated rings. The third-order valence-electron chi connectivity index (χ3n) is 2.70. The molecule has 0 aromatic heterocycles. The van der Waals surface area contributed by atoms with Gasteiger partial charge >= 0.3 is 6.03 Å². The number of nitrogens with one attached hydrogen (secondary N) is 1. The molecule has 0 aliphatic carbocycles. The van der Waals surface area contributed by atoms with Gasteiger partial charge < -0.3 is 5.32 Å². The van der Waals surface area contributed by atoms with Crippen LogP contribution in [0.1, 0.15) is 12.5 Å². The number of hydrogen-bond donors (Lipinski definition) is 1. The highest BCUT2D eigenvalue weighted by Crippen LogP contribution is 2.10. The van der Waals surface area contributed by atoms with Gasteiger partial charge in [-0.1, -0.05) is 42.1 Å². The number of carbonyl (C=O) groups excluding carboxylic acids is 2. The molecule has 0 heterocycles. The summed E-state index contributed by atoms with van der Waals surface area (Å²) in [6, 6.07) is 9.39. The molecule has 2 amide bonds. The van der Waals surface area contributed by atoms with Crippen LogP contribution >= 0.6 is 11.8 Å². The molecule has 1 atom stereocenters. The molecule has 0 bridgehead atoms. The molecule has 1 rings (SSSR count). The summed E-state index contributed by atoms with van der Waals surface area (Å²) in [6.45, 7) is 1.52. The standard InChI is InChI=1S/C14H20N2O3S/c1-11(17)20-10-13(15-14(18)16(2)19-3)9-12-7-5-4-6-8-12/h4-8,13H,9-10H2,1-3H3,(H,15,18). The lowest BCUT2D eigenvalue weighted by Crippen LogP contribution is -2.44. The molecule has 1 unspecified atom stereocenters. The van der Waals surface area contributed by atoms with Crippen molar-refractivity contribution in [1.82, 2.24) is 10.4 Å². The predicted molar refractivity (Wildman–Crippen MR) is 80.4 cm³/mol. The summed E-state index contributed by atoms with van der Waals surface area (Å²) in [6.07, 6.45) is 0.671. The summed E-state index contributed by atoms with van der Waals surface area (Å²) < 4.78 is 0. The van der Waals surface area contributed by atoms with Gasteiger partial charge in [-0.05, 0) is 12.0 Å². The number of urea groups is 1. The highest BCUT2D eigenvalue weighted by Gasteiger charge is 2.16. The van der Waals surface area contributed by atoms with Crippen LogP contribution < -0.4 is 5.32 Å². The van der Waals surface area contributed by atoms with Crippen molar-refractivity contribution in [3.63, 3.8) is 0 Å². The average Bonchev–Trinajstić information content (AvgIpc) is 2.44. The number of nitrogens with zero attached hydrogens (tertiary/aromatic N) is 1. The molecule has 5 nitrogen and oxygen atoms in total. The maximum atomic E-state index is 11.8. The zero-order valence-corrected chi connectivity index (χ0v) is 12.8. The molecule has 110 valence electrons. The molecule has 1 aromatic rings. The van der Waals surface area contributed by atoms with Crippen molar-refractivity contribution in [3.05, 3.63) is 35.9 Å². The van der Waals surface area contributed by atoms with Crippen molar-refractivity contribution < 1.29 is 14.4 Å². The van der Waals surface area contributed by atoms with Crippen LogP contribution in [0.2, 0.25) is 0 Å². The van der Waals surface area contributed by atoms with E-state index in [1.807, 2.05) is 30.3 Å². The van der Waals surface area contributed by atoms with E-state index in [0.717, 1.165) is 10.6 Å². The number of hydrogen-bond acceptors (Lipinski definition) is 4. The SMILES string of the molecule is CON(C)C(=O)NC(CSC(C)=O)Cc1ccccc1. The molecule has 0 aliphatic rings. The number of hydroxylamine groups is 2. The van der Waals surface area contributed by atoms with Crippen LogP contribution in [0.5, 0.6) is 0 Å². The van der Waals surface area contributed by atoms with Crippen molar-refractivity contribution in [2.45, 2.75) is 19.4 Å². The average molecular weight is 296 g/mol. The first-order valence-corrected chi connectivity index (χ1v) is 7.27. The van der Waals surface area contributed by atoms with Crippen LogP contribution in [-0.4, -0.2) is 42.2 Å². The van der Waals surface area contributed by atoms with Gasteiger partial charge in [0, 0.05) is 25.8 Å². The Labute approximate surface area is 123 Å². The summed E-state index contributed by atoms with van der Waals surface area (Å²) >= 11 is 1.21. The van der Waals surface area contributed by atoms with E-state index >= 15 is 0 Å². The van der Waals surface area contributed by atoms with Crippen molar-refractivity contribution in [2.24, 2.45) is 0 Å². The van der Waals surface area contributed by atoms with Gasteiger partial charge in [-0.25, -0.2) is 9.86 Å². The molecule has 0 saturated carbocycles. The predicted octanol–water partition coefficient (Wildman–Crippen LogP) is 2.08. The van der Waals surface area contributed by atoms with Crippen molar-refractivity contribution in [1.29, 1.82) is 0 Å². The summed E-state index contributed by atoms with van der Waals surface area (Å²) in [4.78, 5) is 27.7. The minimum Gasteiger partial charge on any atom is -0.332 e. The number of amides is 2. The Balaban J connectivity index is 2.64. The highest BCUT2D eigenvalue weighted by molar-refractivity contribution is 8.13. The molecule has 6 heteroatoms. The van der Waals surface area contributed by atoms with Gasteiger partial charge in [0.1, 0.15) is 0 Å². The van der Waals surface area contributed by atoms with Crippen molar-refractivity contribution in [2.75, 3.05) is 19.9 Å². The lowest BCUT2D eigenvalue weighted by Gasteiger charge is -2.21. The van der Waals surface area contributed by atoms with Gasteiger partial charge in [-0.15, -0.1) is 0 Å². The summed E-state index contributed by atoms with van der Waals surface area (Å²) in [5.41, 5.74) is 1.11. The fourth-order valence-electron chi connectivity index (χ4n) is 1.62. The minimum atomic E-state index is -0.322. The van der Waals surface area contributed by atoms with Crippen molar-refractivity contribution in [3.8, 4) is 0 Å². The molecule has 20 heavy (non-hydrogen) atoms. The minimum absolute atomic E-state index is 0.0393. The molecule has 0 radical (unpaired) electrons. The van der Waals surface area contributed by atoms with Crippen LogP contribution in [0, 0.1) is 0 Å². The largest absolute Gasteiger partial charge is 0.341 e. The van der Waals surface area contributed by atoms with E-state index in [4.69, 9.17) is 4.84 Å². The quantitative estimate of drug-likeness (QED) is 0.817. The van der Waals surface area contributed by atoms with Crippen LogP contribution in [0.25, 0.3) is 0 Å². The monoisotopic (exact) mass is 296 g/mol. The maximum absolute atomic E-state index is 11.8. The molecule has 0 saturated heterocycles. The Morgan fingerprint density at radius 1 is 1.35 bits per heavy atom. The number of carbonyl (C=O) groups is 2. The molecular formula is C14H20N2O3S. The van der Waals surface area contributed by atoms with E-state index in [1.54, 1.807) is 0 Å². The Bertz CT molecular complexity index is 439. The topological polar surface area (TPSA) is 58.6 Å². The van der Waals surface area contributed by atoms with Gasteiger partial charge in [0.25, 0.3) is 0 Å². The second-order valence-corrected chi connectivity index (χ2v) is 5.52. The summed E-state index contributed by atoms with van der Waals surface area (Å²) in [5.74, 6) is 0.535. The van der Waals surface area contributed by atoms with Crippen LogP contribution in [-0.2, 0) is 16.1 Å². The van der Waals surface area contributed by atoms with Gasteiger partial charge in [0.15, 0.2) is 5.12 Å². The van der Waals surface area contributed by atoms with E-state index in [0.29, 0.717) is 12.2 Å². The molecular weight excluding hydrogens is 276 g/mol. The normalized spacial score (nSPS) is 11.8. The zero-order valence-electron chi connectivity index (χ0n) is 12.0. The Kier molecular flexibility index (Phi) is 7.11.